The van der Waals surface area contributed by atoms with Gasteiger partial charge < -0.3 is 24.6 Å². The summed E-state index contributed by atoms with van der Waals surface area (Å²) in [7, 11) is 0. The van der Waals surface area contributed by atoms with Gasteiger partial charge in [-0.25, -0.2) is 4.79 Å². The van der Waals surface area contributed by atoms with Crippen molar-refractivity contribution in [1.82, 2.24) is 14.9 Å². The highest BCUT2D eigenvalue weighted by atomic mass is 16.8. The molecule has 27 heavy (non-hydrogen) atoms. The zero-order chi connectivity index (χ0) is 19.8. The molecule has 3 heterocycles. The highest BCUT2D eigenvalue weighted by molar-refractivity contribution is 5.07. The van der Waals surface area contributed by atoms with Gasteiger partial charge in [0, 0.05) is 24.8 Å². The third-order valence-corrected chi connectivity index (χ3v) is 4.59. The van der Waals surface area contributed by atoms with Gasteiger partial charge in [-0.05, 0) is 27.7 Å². The summed E-state index contributed by atoms with van der Waals surface area (Å²) >= 11 is 0. The molecular weight excluding hydrogens is 354 g/mol. The van der Waals surface area contributed by atoms with E-state index in [0.717, 1.165) is 0 Å². The molecule has 1 unspecified atom stereocenters. The average Bonchev–Trinajstić information content (AvgIpc) is 3.06. The molecule has 0 aromatic carbocycles. The SMILES string of the molecule is CC(C)=CCNCc1cn([C@@H]2O[C@H](CO)C3OC(C)(C)O[C@@H]32)c(=O)[nH]c1=O. The molecule has 9 heteroatoms. The van der Waals surface area contributed by atoms with E-state index in [0.29, 0.717) is 18.7 Å². The molecule has 0 radical (unpaired) electrons. The number of allylic oxidation sites excluding steroid dienone is 1. The Balaban J connectivity index is 1.85. The van der Waals surface area contributed by atoms with E-state index < -0.39 is 41.6 Å². The first kappa shape index (κ1) is 20.0. The monoisotopic (exact) mass is 381 g/mol. The minimum Gasteiger partial charge on any atom is -0.394 e. The van der Waals surface area contributed by atoms with E-state index in [1.807, 2.05) is 19.9 Å². The Morgan fingerprint density at radius 2 is 2.04 bits per heavy atom. The lowest BCUT2D eigenvalue weighted by Gasteiger charge is -2.24. The number of nitrogens with zero attached hydrogens (tertiary/aromatic N) is 1. The van der Waals surface area contributed by atoms with Crippen LogP contribution >= 0.6 is 0 Å². The number of aliphatic hydroxyl groups excluding tert-OH is 1. The normalized spacial score (nSPS) is 28.9. The molecule has 0 spiro atoms. The van der Waals surface area contributed by atoms with Crippen LogP contribution in [0.4, 0.5) is 0 Å². The van der Waals surface area contributed by atoms with E-state index in [9.17, 15) is 14.7 Å². The molecule has 2 fully saturated rings. The Morgan fingerprint density at radius 3 is 2.70 bits per heavy atom. The van der Waals surface area contributed by atoms with E-state index >= 15 is 0 Å². The molecule has 0 saturated carbocycles. The molecule has 150 valence electrons. The minimum atomic E-state index is -0.842. The maximum absolute atomic E-state index is 12.4. The second-order valence-electron chi connectivity index (χ2n) is 7.55. The van der Waals surface area contributed by atoms with Gasteiger partial charge in [0.05, 0.1) is 6.61 Å². The second-order valence-corrected chi connectivity index (χ2v) is 7.55. The van der Waals surface area contributed by atoms with Gasteiger partial charge in [-0.1, -0.05) is 11.6 Å². The van der Waals surface area contributed by atoms with Crippen LogP contribution in [0.2, 0.25) is 0 Å². The summed E-state index contributed by atoms with van der Waals surface area (Å²) in [5.41, 5.74) is 0.534. The minimum absolute atomic E-state index is 0.258. The van der Waals surface area contributed by atoms with Crippen molar-refractivity contribution >= 4 is 0 Å². The Morgan fingerprint density at radius 1 is 1.33 bits per heavy atom. The third-order valence-electron chi connectivity index (χ3n) is 4.59. The van der Waals surface area contributed by atoms with E-state index in [2.05, 4.69) is 10.3 Å². The van der Waals surface area contributed by atoms with Crippen molar-refractivity contribution < 1.29 is 19.3 Å². The van der Waals surface area contributed by atoms with Crippen LogP contribution in [0.5, 0.6) is 0 Å². The largest absolute Gasteiger partial charge is 0.394 e. The lowest BCUT2D eigenvalue weighted by molar-refractivity contribution is -0.200. The molecule has 9 nitrogen and oxygen atoms in total. The Bertz CT molecular complexity index is 823. The molecule has 4 atom stereocenters. The smallest absolute Gasteiger partial charge is 0.330 e. The fourth-order valence-corrected chi connectivity index (χ4v) is 3.36. The molecule has 0 bridgehead atoms. The summed E-state index contributed by atoms with van der Waals surface area (Å²) in [6.45, 7) is 8.18. The van der Waals surface area contributed by atoms with Gasteiger partial charge in [0.2, 0.25) is 0 Å². The number of aliphatic hydroxyl groups is 1. The highest BCUT2D eigenvalue weighted by Gasteiger charge is 2.55. The third kappa shape index (κ3) is 4.22. The lowest BCUT2D eigenvalue weighted by atomic mass is 10.1. The summed E-state index contributed by atoms with van der Waals surface area (Å²) in [5.74, 6) is -0.842. The Labute approximate surface area is 156 Å². The molecule has 1 aromatic rings. The number of aromatic nitrogens is 2. The molecule has 2 saturated heterocycles. The predicted molar refractivity (Wildman–Crippen MR) is 97.3 cm³/mol. The van der Waals surface area contributed by atoms with Crippen LogP contribution in [-0.4, -0.2) is 51.9 Å². The van der Waals surface area contributed by atoms with Crippen molar-refractivity contribution in [3.05, 3.63) is 44.2 Å². The number of fused-ring (bicyclic) bond motifs is 1. The van der Waals surface area contributed by atoms with Gasteiger partial charge in [0.1, 0.15) is 18.3 Å². The van der Waals surface area contributed by atoms with Crippen molar-refractivity contribution in [2.75, 3.05) is 13.2 Å². The quantitative estimate of drug-likeness (QED) is 0.469. The van der Waals surface area contributed by atoms with E-state index in [1.165, 1.54) is 16.3 Å². The fraction of sp³-hybridized carbons (Fsp3) is 0.667. The summed E-state index contributed by atoms with van der Waals surface area (Å²) in [6, 6.07) is 0. The van der Waals surface area contributed by atoms with Crippen LogP contribution in [0, 0.1) is 0 Å². The van der Waals surface area contributed by atoms with Crippen LogP contribution in [0.15, 0.2) is 27.4 Å². The Hall–Kier alpha value is -1.78. The first-order valence-corrected chi connectivity index (χ1v) is 9.02. The Kier molecular flexibility index (Phi) is 5.68. The maximum atomic E-state index is 12.4. The number of ether oxygens (including phenoxy) is 3. The second kappa shape index (κ2) is 7.69. The van der Waals surface area contributed by atoms with Crippen LogP contribution in [0.3, 0.4) is 0 Å². The maximum Gasteiger partial charge on any atom is 0.330 e. The molecule has 2 aliphatic rings. The zero-order valence-electron chi connectivity index (χ0n) is 16.0. The van der Waals surface area contributed by atoms with Crippen molar-refractivity contribution in [3.8, 4) is 0 Å². The summed E-state index contributed by atoms with van der Waals surface area (Å²) in [6.07, 6.45) is 1.02. The first-order chi connectivity index (χ1) is 12.7. The van der Waals surface area contributed by atoms with Gasteiger partial charge in [0.25, 0.3) is 5.56 Å². The molecule has 3 N–H and O–H groups in total. The standard InChI is InChI=1S/C18H27N3O6/c1-10(2)5-6-19-7-11-8-21(17(24)20-15(11)23)16-14-13(12(9-22)25-16)26-18(3,4)27-14/h5,8,12-14,16,19,22H,6-7,9H2,1-4H3,(H,20,23,24)/t12-,13?,14+,16-/m1/s1. The van der Waals surface area contributed by atoms with E-state index in [-0.39, 0.29) is 6.61 Å². The molecular formula is C18H27N3O6. The number of hydrogen-bond donors (Lipinski definition) is 3. The van der Waals surface area contributed by atoms with Gasteiger partial charge in [-0.15, -0.1) is 0 Å². The fourth-order valence-electron chi connectivity index (χ4n) is 3.36. The number of nitrogens with one attached hydrogen (secondary N) is 2. The predicted octanol–water partition coefficient (Wildman–Crippen LogP) is 0.00220. The summed E-state index contributed by atoms with van der Waals surface area (Å²) < 4.78 is 18.8. The average molecular weight is 381 g/mol. The molecule has 3 rings (SSSR count). The van der Waals surface area contributed by atoms with E-state index in [1.54, 1.807) is 13.8 Å². The lowest BCUT2D eigenvalue weighted by Crippen LogP contribution is -2.39. The van der Waals surface area contributed by atoms with Crippen LogP contribution < -0.4 is 16.6 Å². The van der Waals surface area contributed by atoms with Crippen LogP contribution in [0.1, 0.15) is 39.5 Å². The zero-order valence-corrected chi connectivity index (χ0v) is 16.0. The summed E-state index contributed by atoms with van der Waals surface area (Å²) in [4.78, 5) is 26.8. The van der Waals surface area contributed by atoms with Crippen molar-refractivity contribution in [1.29, 1.82) is 0 Å². The number of aromatic amines is 1. The molecule has 0 amide bonds. The molecule has 2 aliphatic heterocycles. The van der Waals surface area contributed by atoms with Gasteiger partial charge in [-0.2, -0.15) is 0 Å². The van der Waals surface area contributed by atoms with Gasteiger partial charge in [-0.3, -0.25) is 14.3 Å². The topological polar surface area (TPSA) is 115 Å². The first-order valence-electron chi connectivity index (χ1n) is 9.02. The number of rotatable bonds is 6. The van der Waals surface area contributed by atoms with Crippen LogP contribution in [0.25, 0.3) is 0 Å². The molecule has 1 aromatic heterocycles. The van der Waals surface area contributed by atoms with Gasteiger partial charge >= 0.3 is 5.69 Å². The number of H-pyrrole nitrogens is 1. The van der Waals surface area contributed by atoms with Crippen LogP contribution in [-0.2, 0) is 20.8 Å². The highest BCUT2D eigenvalue weighted by Crippen LogP contribution is 2.42. The van der Waals surface area contributed by atoms with Crippen molar-refractivity contribution in [3.63, 3.8) is 0 Å². The summed E-state index contributed by atoms with van der Waals surface area (Å²) in [5, 5.41) is 12.7. The van der Waals surface area contributed by atoms with Crippen molar-refractivity contribution in [2.45, 2.75) is 64.6 Å². The van der Waals surface area contributed by atoms with Gasteiger partial charge in [0.15, 0.2) is 12.0 Å². The van der Waals surface area contributed by atoms with Crippen molar-refractivity contribution in [2.24, 2.45) is 0 Å². The van der Waals surface area contributed by atoms with E-state index in [4.69, 9.17) is 14.2 Å². The molecule has 0 aliphatic carbocycles. The number of hydrogen-bond acceptors (Lipinski definition) is 7.